The SMILES string of the molecule is CCCCCCC(C)C(=O)c1ccc(C(=O)c2ccc(C)cc2)cc1.CCCCCCC(C)Oc1ccc(C(=O)c2ccc(CCCCC)cc2)cc1.CCc1ccc(-c2ccc(C#N)cc2)cc1. The third-order valence-electron chi connectivity index (χ3n) is 12.6. The minimum Gasteiger partial charge on any atom is -0.491 e. The maximum atomic E-state index is 12.7. The van der Waals surface area contributed by atoms with Crippen LogP contribution in [0.2, 0.25) is 0 Å². The Bertz CT molecular complexity index is 2440. The van der Waals surface area contributed by atoms with Gasteiger partial charge in [-0.25, -0.2) is 0 Å². The van der Waals surface area contributed by atoms with Crippen molar-refractivity contribution in [2.24, 2.45) is 5.92 Å². The highest BCUT2D eigenvalue weighted by molar-refractivity contribution is 6.10. The van der Waals surface area contributed by atoms with E-state index < -0.39 is 0 Å². The van der Waals surface area contributed by atoms with Crippen molar-refractivity contribution in [3.05, 3.63) is 196 Å². The molecule has 0 fully saturated rings. The Hall–Kier alpha value is -6.38. The van der Waals surface area contributed by atoms with Crippen LogP contribution in [0.1, 0.15) is 189 Å². The van der Waals surface area contributed by atoms with Crippen LogP contribution in [0.15, 0.2) is 146 Å². The Labute approximate surface area is 415 Å². The van der Waals surface area contributed by atoms with E-state index in [1.165, 1.54) is 80.9 Å². The number of aryl methyl sites for hydroxylation is 3. The summed E-state index contributed by atoms with van der Waals surface area (Å²) in [5.74, 6) is 1.11. The van der Waals surface area contributed by atoms with Crippen LogP contribution in [0.25, 0.3) is 11.1 Å². The van der Waals surface area contributed by atoms with Gasteiger partial charge < -0.3 is 4.74 Å². The van der Waals surface area contributed by atoms with Gasteiger partial charge in [0.05, 0.1) is 17.7 Å². The van der Waals surface area contributed by atoms with Crippen LogP contribution in [-0.2, 0) is 12.8 Å². The summed E-state index contributed by atoms with van der Waals surface area (Å²) < 4.78 is 5.99. The van der Waals surface area contributed by atoms with Crippen LogP contribution < -0.4 is 4.74 Å². The number of hydrogen-bond acceptors (Lipinski definition) is 5. The molecule has 0 bridgehead atoms. The third kappa shape index (κ3) is 19.3. The first kappa shape index (κ1) is 55.2. The monoisotopic (exact) mass is 924 g/mol. The molecule has 5 heteroatoms. The van der Waals surface area contributed by atoms with Crippen LogP contribution in [0, 0.1) is 24.2 Å². The number of carbonyl (C=O) groups excluding carboxylic acids is 3. The molecule has 0 saturated heterocycles. The number of nitriles is 1. The molecule has 0 heterocycles. The van der Waals surface area contributed by atoms with Gasteiger partial charge in [-0.15, -0.1) is 0 Å². The molecular weight excluding hydrogens is 847 g/mol. The summed E-state index contributed by atoms with van der Waals surface area (Å²) >= 11 is 0. The lowest BCUT2D eigenvalue weighted by Gasteiger charge is -2.15. The molecule has 0 radical (unpaired) electrons. The summed E-state index contributed by atoms with van der Waals surface area (Å²) in [6.07, 6.45) is 17.8. The Kier molecular flexibility index (Phi) is 24.7. The molecule has 0 aromatic heterocycles. The molecule has 2 atom stereocenters. The molecule has 6 rings (SSSR count). The van der Waals surface area contributed by atoms with Gasteiger partial charge in [0.2, 0.25) is 0 Å². The van der Waals surface area contributed by atoms with Crippen molar-refractivity contribution in [1.82, 2.24) is 0 Å². The van der Waals surface area contributed by atoms with E-state index in [0.29, 0.717) is 27.8 Å². The molecule has 0 amide bonds. The van der Waals surface area contributed by atoms with Crippen molar-refractivity contribution in [1.29, 1.82) is 5.26 Å². The van der Waals surface area contributed by atoms with Gasteiger partial charge in [0.25, 0.3) is 0 Å². The average Bonchev–Trinajstić information content (AvgIpc) is 3.39. The predicted molar refractivity (Wildman–Crippen MR) is 288 cm³/mol. The number of Topliss-reactive ketones (excluding diaryl/α,β-unsaturated/α-hetero) is 1. The van der Waals surface area contributed by atoms with Crippen LogP contribution >= 0.6 is 0 Å². The maximum absolute atomic E-state index is 12.7. The molecule has 69 heavy (non-hydrogen) atoms. The molecule has 362 valence electrons. The molecule has 0 spiro atoms. The predicted octanol–water partition coefficient (Wildman–Crippen LogP) is 17.2. The smallest absolute Gasteiger partial charge is 0.193 e. The van der Waals surface area contributed by atoms with E-state index in [4.69, 9.17) is 10.00 Å². The molecular formula is C64H77NO4. The van der Waals surface area contributed by atoms with Crippen LogP contribution in [-0.4, -0.2) is 23.5 Å². The molecule has 6 aromatic carbocycles. The van der Waals surface area contributed by atoms with Crippen molar-refractivity contribution in [3.63, 3.8) is 0 Å². The van der Waals surface area contributed by atoms with E-state index in [2.05, 4.69) is 77.1 Å². The first-order valence-corrected chi connectivity index (χ1v) is 25.7. The normalized spacial score (nSPS) is 11.4. The van der Waals surface area contributed by atoms with Crippen LogP contribution in [0.3, 0.4) is 0 Å². The van der Waals surface area contributed by atoms with Crippen molar-refractivity contribution in [2.45, 2.75) is 151 Å². The highest BCUT2D eigenvalue weighted by Gasteiger charge is 2.16. The Morgan fingerprint density at radius 3 is 1.39 bits per heavy atom. The molecule has 5 nitrogen and oxygen atoms in total. The van der Waals surface area contributed by atoms with E-state index >= 15 is 0 Å². The highest BCUT2D eigenvalue weighted by atomic mass is 16.5. The largest absolute Gasteiger partial charge is 0.491 e. The summed E-state index contributed by atoms with van der Waals surface area (Å²) in [6, 6.07) is 48.6. The Balaban J connectivity index is 0.000000233. The summed E-state index contributed by atoms with van der Waals surface area (Å²) in [7, 11) is 0. The number of ketones is 3. The Morgan fingerprint density at radius 1 is 0.478 bits per heavy atom. The molecule has 0 aliphatic heterocycles. The van der Waals surface area contributed by atoms with E-state index in [9.17, 15) is 14.4 Å². The van der Waals surface area contributed by atoms with Gasteiger partial charge in [0.1, 0.15) is 5.75 Å². The highest BCUT2D eigenvalue weighted by Crippen LogP contribution is 2.23. The fourth-order valence-electron chi connectivity index (χ4n) is 8.02. The molecule has 0 aliphatic rings. The molecule has 2 unspecified atom stereocenters. The van der Waals surface area contributed by atoms with Gasteiger partial charge >= 0.3 is 0 Å². The lowest BCUT2D eigenvalue weighted by atomic mass is 9.92. The molecule has 0 saturated carbocycles. The number of carbonyl (C=O) groups is 3. The number of unbranched alkanes of at least 4 members (excludes halogenated alkanes) is 8. The minimum atomic E-state index is -0.00777. The lowest BCUT2D eigenvalue weighted by molar-refractivity contribution is 0.0920. The maximum Gasteiger partial charge on any atom is 0.193 e. The standard InChI is InChI=1S/C26H36O2.C23H28O2.C15H13N/c1-4-6-8-10-11-21(3)28-25-19-17-24(18-20-25)26(27)23-15-13-22(14-16-23)12-9-7-5-2;1-4-5-6-7-8-18(3)22(24)19-13-15-21(16-14-19)23(25)20-11-9-17(2)10-12-20;1-2-12-3-7-14(8-4-12)15-9-5-13(11-16)6-10-15/h13-21H,4-12H2,1-3H3;9-16,18H,4-8H2,1-3H3;3-10H,2H2,1H3. The molecule has 0 aliphatic carbocycles. The average molecular weight is 924 g/mol. The number of rotatable bonds is 24. The second kappa shape index (κ2) is 30.9. The summed E-state index contributed by atoms with van der Waals surface area (Å²) in [6.45, 7) is 14.9. The zero-order valence-corrected chi connectivity index (χ0v) is 42.7. The van der Waals surface area contributed by atoms with E-state index in [1.807, 2.05) is 98.8 Å². The van der Waals surface area contributed by atoms with Crippen molar-refractivity contribution in [3.8, 4) is 22.9 Å². The fourth-order valence-corrected chi connectivity index (χ4v) is 8.02. The fraction of sp³-hybridized carbons (Fsp3) is 0.375. The zero-order valence-electron chi connectivity index (χ0n) is 42.7. The number of ether oxygens (including phenoxy) is 1. The van der Waals surface area contributed by atoms with Gasteiger partial charge in [-0.2, -0.15) is 5.26 Å². The lowest BCUT2D eigenvalue weighted by Crippen LogP contribution is -2.12. The van der Waals surface area contributed by atoms with Gasteiger partial charge in [0, 0.05) is 33.7 Å². The second-order valence-electron chi connectivity index (χ2n) is 18.4. The zero-order chi connectivity index (χ0) is 49.8. The van der Waals surface area contributed by atoms with Crippen LogP contribution in [0.5, 0.6) is 5.75 Å². The third-order valence-corrected chi connectivity index (χ3v) is 12.6. The summed E-state index contributed by atoms with van der Waals surface area (Å²) in [5.41, 5.74) is 10.3. The quantitative estimate of drug-likeness (QED) is 0.0446. The van der Waals surface area contributed by atoms with Crippen molar-refractivity contribution < 1.29 is 19.1 Å². The molecule has 0 N–H and O–H groups in total. The minimum absolute atomic E-state index is 0.00777. The summed E-state index contributed by atoms with van der Waals surface area (Å²) in [5, 5.41) is 8.72. The topological polar surface area (TPSA) is 84.2 Å². The van der Waals surface area contributed by atoms with Gasteiger partial charge in [-0.05, 0) is 111 Å². The van der Waals surface area contributed by atoms with Gasteiger partial charge in [-0.3, -0.25) is 14.4 Å². The molecule has 6 aromatic rings. The summed E-state index contributed by atoms with van der Waals surface area (Å²) in [4.78, 5) is 37.7. The number of benzene rings is 6. The van der Waals surface area contributed by atoms with Gasteiger partial charge in [0.15, 0.2) is 17.3 Å². The first-order valence-electron chi connectivity index (χ1n) is 25.7. The van der Waals surface area contributed by atoms with E-state index in [0.717, 1.165) is 54.5 Å². The Morgan fingerprint density at radius 2 is 0.899 bits per heavy atom. The van der Waals surface area contributed by atoms with E-state index in [1.54, 1.807) is 24.3 Å². The van der Waals surface area contributed by atoms with Crippen LogP contribution in [0.4, 0.5) is 0 Å². The first-order chi connectivity index (χ1) is 33.5. The second-order valence-corrected chi connectivity index (χ2v) is 18.4. The van der Waals surface area contributed by atoms with Gasteiger partial charge in [-0.1, -0.05) is 207 Å². The van der Waals surface area contributed by atoms with Crippen molar-refractivity contribution >= 4 is 17.3 Å². The van der Waals surface area contributed by atoms with E-state index in [-0.39, 0.29) is 29.4 Å². The number of hydrogen-bond donors (Lipinski definition) is 0. The van der Waals surface area contributed by atoms with Crippen molar-refractivity contribution in [2.75, 3.05) is 0 Å². The number of nitrogens with zero attached hydrogens (tertiary/aromatic N) is 1.